The van der Waals surface area contributed by atoms with Crippen molar-refractivity contribution in [2.24, 2.45) is 0 Å². The molecule has 0 bridgehead atoms. The first-order valence-electron chi connectivity index (χ1n) is 5.97. The summed E-state index contributed by atoms with van der Waals surface area (Å²) < 4.78 is 5.09. The predicted octanol–water partition coefficient (Wildman–Crippen LogP) is 0.854. The van der Waals surface area contributed by atoms with Gasteiger partial charge < -0.3 is 15.4 Å². The van der Waals surface area contributed by atoms with Gasteiger partial charge in [-0.25, -0.2) is 4.98 Å². The molecule has 5 nitrogen and oxygen atoms in total. The van der Waals surface area contributed by atoms with Crippen LogP contribution >= 0.6 is 12.4 Å². The molecule has 1 aromatic rings. The molecular weight excluding hydrogens is 252 g/mol. The summed E-state index contributed by atoms with van der Waals surface area (Å²) in [7, 11) is 1.74. The van der Waals surface area contributed by atoms with Gasteiger partial charge in [-0.05, 0) is 12.1 Å². The molecule has 102 valence electrons. The number of halogens is 1. The highest BCUT2D eigenvalue weighted by atomic mass is 35.5. The van der Waals surface area contributed by atoms with Gasteiger partial charge in [-0.15, -0.1) is 12.4 Å². The van der Waals surface area contributed by atoms with Gasteiger partial charge in [-0.3, -0.25) is 4.90 Å². The van der Waals surface area contributed by atoms with Crippen molar-refractivity contribution >= 4 is 23.9 Å². The molecule has 2 heterocycles. The van der Waals surface area contributed by atoms with Gasteiger partial charge >= 0.3 is 0 Å². The third-order valence-corrected chi connectivity index (χ3v) is 3.08. The number of nitrogens with two attached hydrogens (primary N) is 1. The van der Waals surface area contributed by atoms with Gasteiger partial charge in [0.15, 0.2) is 0 Å². The average molecular weight is 273 g/mol. The van der Waals surface area contributed by atoms with E-state index in [0.717, 1.165) is 45.1 Å². The second kappa shape index (κ2) is 7.41. The zero-order chi connectivity index (χ0) is 12.1. The van der Waals surface area contributed by atoms with Crippen LogP contribution in [-0.2, 0) is 4.74 Å². The molecule has 1 aliphatic heterocycles. The highest BCUT2D eigenvalue weighted by Crippen LogP contribution is 2.14. The lowest BCUT2D eigenvalue weighted by molar-refractivity contribution is 0.144. The van der Waals surface area contributed by atoms with Crippen LogP contribution in [0.15, 0.2) is 18.3 Å². The SMILES string of the molecule is COCCN1CCN(c2ccc(N)cn2)CC1.Cl. The Labute approximate surface area is 114 Å². The largest absolute Gasteiger partial charge is 0.397 e. The number of rotatable bonds is 4. The number of nitrogens with zero attached hydrogens (tertiary/aromatic N) is 3. The summed E-state index contributed by atoms with van der Waals surface area (Å²) in [6, 6.07) is 3.89. The average Bonchev–Trinajstić information content (AvgIpc) is 2.38. The Bertz CT molecular complexity index is 338. The van der Waals surface area contributed by atoms with Crippen molar-refractivity contribution in [1.29, 1.82) is 0 Å². The molecule has 0 radical (unpaired) electrons. The molecule has 1 aromatic heterocycles. The maximum atomic E-state index is 5.63. The number of hydrogen-bond donors (Lipinski definition) is 1. The van der Waals surface area contributed by atoms with Gasteiger partial charge in [0.25, 0.3) is 0 Å². The fourth-order valence-corrected chi connectivity index (χ4v) is 2.01. The summed E-state index contributed by atoms with van der Waals surface area (Å²) in [5.74, 6) is 1.02. The third-order valence-electron chi connectivity index (χ3n) is 3.08. The van der Waals surface area contributed by atoms with E-state index in [1.54, 1.807) is 13.3 Å². The number of piperazine rings is 1. The molecule has 2 N–H and O–H groups in total. The number of aromatic nitrogens is 1. The van der Waals surface area contributed by atoms with Crippen LogP contribution < -0.4 is 10.6 Å². The number of nitrogen functional groups attached to an aromatic ring is 1. The molecular formula is C12H21ClN4O. The highest BCUT2D eigenvalue weighted by Gasteiger charge is 2.17. The summed E-state index contributed by atoms with van der Waals surface area (Å²) in [4.78, 5) is 9.06. The molecule has 0 atom stereocenters. The summed E-state index contributed by atoms with van der Waals surface area (Å²) in [5.41, 5.74) is 6.35. The van der Waals surface area contributed by atoms with E-state index >= 15 is 0 Å². The Morgan fingerprint density at radius 1 is 1.28 bits per heavy atom. The monoisotopic (exact) mass is 272 g/mol. The predicted molar refractivity (Wildman–Crippen MR) is 76.4 cm³/mol. The lowest BCUT2D eigenvalue weighted by atomic mass is 10.3. The second-order valence-corrected chi connectivity index (χ2v) is 4.27. The summed E-state index contributed by atoms with van der Waals surface area (Å²) >= 11 is 0. The molecule has 18 heavy (non-hydrogen) atoms. The van der Waals surface area contributed by atoms with E-state index in [0.29, 0.717) is 5.69 Å². The minimum absolute atomic E-state index is 0. The van der Waals surface area contributed by atoms with E-state index in [1.807, 2.05) is 12.1 Å². The lowest BCUT2D eigenvalue weighted by Gasteiger charge is -2.35. The Kier molecular flexibility index (Phi) is 6.18. The van der Waals surface area contributed by atoms with Crippen molar-refractivity contribution < 1.29 is 4.74 Å². The van der Waals surface area contributed by atoms with Crippen LogP contribution in [0.4, 0.5) is 11.5 Å². The van der Waals surface area contributed by atoms with E-state index in [1.165, 1.54) is 0 Å². The van der Waals surface area contributed by atoms with Crippen molar-refractivity contribution in [3.8, 4) is 0 Å². The molecule has 0 aliphatic carbocycles. The number of ether oxygens (including phenoxy) is 1. The van der Waals surface area contributed by atoms with Crippen LogP contribution in [0, 0.1) is 0 Å². The van der Waals surface area contributed by atoms with Crippen LogP contribution in [0.25, 0.3) is 0 Å². The van der Waals surface area contributed by atoms with Crippen LogP contribution in [0.2, 0.25) is 0 Å². The number of hydrogen-bond acceptors (Lipinski definition) is 5. The third kappa shape index (κ3) is 4.01. The molecule has 2 rings (SSSR count). The van der Waals surface area contributed by atoms with E-state index in [4.69, 9.17) is 10.5 Å². The molecule has 1 saturated heterocycles. The van der Waals surface area contributed by atoms with Gasteiger partial charge in [0.05, 0.1) is 18.5 Å². The molecule has 0 amide bonds. The van der Waals surface area contributed by atoms with Crippen molar-refractivity contribution in [2.75, 3.05) is 57.1 Å². The van der Waals surface area contributed by atoms with Crippen LogP contribution in [0.1, 0.15) is 0 Å². The van der Waals surface area contributed by atoms with E-state index in [2.05, 4.69) is 14.8 Å². The number of methoxy groups -OCH3 is 1. The maximum absolute atomic E-state index is 5.63. The zero-order valence-electron chi connectivity index (χ0n) is 10.7. The summed E-state index contributed by atoms with van der Waals surface area (Å²) in [6.45, 7) is 5.98. The first kappa shape index (κ1) is 15.0. The Morgan fingerprint density at radius 3 is 2.56 bits per heavy atom. The molecule has 0 spiro atoms. The lowest BCUT2D eigenvalue weighted by Crippen LogP contribution is -2.47. The van der Waals surface area contributed by atoms with Crippen LogP contribution in [-0.4, -0.2) is 56.3 Å². The van der Waals surface area contributed by atoms with Crippen LogP contribution in [0.3, 0.4) is 0 Å². The minimum Gasteiger partial charge on any atom is -0.397 e. The quantitative estimate of drug-likeness (QED) is 0.881. The summed E-state index contributed by atoms with van der Waals surface area (Å²) in [5, 5.41) is 0. The van der Waals surface area contributed by atoms with Crippen LogP contribution in [0.5, 0.6) is 0 Å². The number of anilines is 2. The van der Waals surface area contributed by atoms with Crippen molar-refractivity contribution in [1.82, 2.24) is 9.88 Å². The van der Waals surface area contributed by atoms with Gasteiger partial charge in [-0.1, -0.05) is 0 Å². The standard InChI is InChI=1S/C12H20N4O.ClH/c1-17-9-8-15-4-6-16(7-5-15)12-3-2-11(13)10-14-12;/h2-3,10H,4-9,13H2,1H3;1H. The molecule has 0 unspecified atom stereocenters. The smallest absolute Gasteiger partial charge is 0.128 e. The Morgan fingerprint density at radius 2 is 2.00 bits per heavy atom. The second-order valence-electron chi connectivity index (χ2n) is 4.27. The van der Waals surface area contributed by atoms with E-state index < -0.39 is 0 Å². The van der Waals surface area contributed by atoms with E-state index in [-0.39, 0.29) is 12.4 Å². The normalized spacial score (nSPS) is 16.4. The minimum atomic E-state index is 0. The first-order chi connectivity index (χ1) is 8.29. The topological polar surface area (TPSA) is 54.6 Å². The summed E-state index contributed by atoms with van der Waals surface area (Å²) in [6.07, 6.45) is 1.71. The highest BCUT2D eigenvalue weighted by molar-refractivity contribution is 5.85. The van der Waals surface area contributed by atoms with Gasteiger partial charge in [0, 0.05) is 39.8 Å². The molecule has 6 heteroatoms. The van der Waals surface area contributed by atoms with Crippen molar-refractivity contribution in [2.45, 2.75) is 0 Å². The van der Waals surface area contributed by atoms with Gasteiger partial charge in [0.1, 0.15) is 5.82 Å². The molecule has 0 saturated carbocycles. The molecule has 0 aromatic carbocycles. The molecule has 1 aliphatic rings. The van der Waals surface area contributed by atoms with Crippen molar-refractivity contribution in [3.05, 3.63) is 18.3 Å². The number of pyridine rings is 1. The zero-order valence-corrected chi connectivity index (χ0v) is 11.5. The van der Waals surface area contributed by atoms with Gasteiger partial charge in [0.2, 0.25) is 0 Å². The fourth-order valence-electron chi connectivity index (χ4n) is 2.01. The Balaban J connectivity index is 0.00000162. The fraction of sp³-hybridized carbons (Fsp3) is 0.583. The van der Waals surface area contributed by atoms with Crippen molar-refractivity contribution in [3.63, 3.8) is 0 Å². The van der Waals surface area contributed by atoms with Gasteiger partial charge in [-0.2, -0.15) is 0 Å². The molecule has 1 fully saturated rings. The maximum Gasteiger partial charge on any atom is 0.128 e. The Hall–Kier alpha value is -1.04. The first-order valence-corrected chi connectivity index (χ1v) is 5.97. The van der Waals surface area contributed by atoms with E-state index in [9.17, 15) is 0 Å².